The topological polar surface area (TPSA) is 3.24 Å². The Hall–Kier alpha value is -2.54. The smallest absolute Gasteiger partial charge is 0.0464 e. The Morgan fingerprint density at radius 3 is 1.84 bits per heavy atom. The van der Waals surface area contributed by atoms with E-state index in [4.69, 9.17) is 0 Å². The van der Waals surface area contributed by atoms with Crippen molar-refractivity contribution in [3.8, 4) is 0 Å². The number of fused-ring (bicyclic) bond motifs is 1. The molecule has 0 N–H and O–H groups in total. The molecule has 1 atom stereocenters. The minimum Gasteiger partial charge on any atom is -0.310 e. The number of hydrogen-bond acceptors (Lipinski definition) is 1. The lowest BCUT2D eigenvalue weighted by molar-refractivity contribution is 0.506. The van der Waals surface area contributed by atoms with Crippen LogP contribution in [0.1, 0.15) is 89.5 Å². The van der Waals surface area contributed by atoms with E-state index >= 15 is 0 Å². The maximum absolute atomic E-state index is 2.40. The van der Waals surface area contributed by atoms with E-state index in [-0.39, 0.29) is 10.8 Å². The predicted molar refractivity (Wildman–Crippen MR) is 135 cm³/mol. The van der Waals surface area contributed by atoms with Gasteiger partial charge in [-0.15, -0.1) is 0 Å². The summed E-state index contributed by atoms with van der Waals surface area (Å²) < 4.78 is 0. The molecule has 0 spiro atoms. The molecule has 1 nitrogen and oxygen atoms in total. The Balaban J connectivity index is 1.76. The van der Waals surface area contributed by atoms with Crippen LogP contribution in [0.4, 0.5) is 17.1 Å². The Labute approximate surface area is 189 Å². The van der Waals surface area contributed by atoms with Crippen molar-refractivity contribution in [1.29, 1.82) is 0 Å². The summed E-state index contributed by atoms with van der Waals surface area (Å²) in [4.78, 5) is 2.40. The Morgan fingerprint density at radius 2 is 1.32 bits per heavy atom. The van der Waals surface area contributed by atoms with E-state index in [2.05, 4.69) is 120 Å². The van der Waals surface area contributed by atoms with Crippen molar-refractivity contribution in [2.75, 3.05) is 4.90 Å². The molecule has 0 aromatic heterocycles. The minimum absolute atomic E-state index is 0.197. The predicted octanol–water partition coefficient (Wildman–Crippen LogP) is 9.00. The van der Waals surface area contributed by atoms with E-state index in [1.807, 2.05) is 0 Å². The SMILES string of the molecule is CCC(C)c1ccc(N(c2ccc(C(C)(C)CC)cc2)c2ccc3c(c2)C3(C)C)cc1. The first-order chi connectivity index (χ1) is 14.7. The summed E-state index contributed by atoms with van der Waals surface area (Å²) in [5.74, 6) is 0.590. The Bertz CT molecular complexity index is 1050. The summed E-state index contributed by atoms with van der Waals surface area (Å²) in [5.41, 5.74) is 9.84. The van der Waals surface area contributed by atoms with Crippen LogP contribution >= 0.6 is 0 Å². The third kappa shape index (κ3) is 3.91. The molecule has 0 heterocycles. The van der Waals surface area contributed by atoms with Gasteiger partial charge in [0.15, 0.2) is 0 Å². The number of rotatable bonds is 7. The summed E-state index contributed by atoms with van der Waals surface area (Å²) in [6, 6.07) is 25.3. The molecule has 0 saturated carbocycles. The number of nitrogens with zero attached hydrogens (tertiary/aromatic N) is 1. The second-order valence-electron chi connectivity index (χ2n) is 10.4. The van der Waals surface area contributed by atoms with E-state index in [1.54, 1.807) is 0 Å². The second-order valence-corrected chi connectivity index (χ2v) is 10.4. The quantitative estimate of drug-likeness (QED) is 0.375. The van der Waals surface area contributed by atoms with Gasteiger partial charge in [-0.2, -0.15) is 0 Å². The van der Waals surface area contributed by atoms with Gasteiger partial charge >= 0.3 is 0 Å². The van der Waals surface area contributed by atoms with Crippen LogP contribution in [-0.4, -0.2) is 0 Å². The highest BCUT2D eigenvalue weighted by molar-refractivity contribution is 5.79. The fourth-order valence-corrected chi connectivity index (χ4v) is 4.49. The van der Waals surface area contributed by atoms with Gasteiger partial charge in [-0.25, -0.2) is 0 Å². The third-order valence-electron chi connectivity index (χ3n) is 7.67. The molecule has 3 aromatic carbocycles. The second kappa shape index (κ2) is 7.86. The third-order valence-corrected chi connectivity index (χ3v) is 7.67. The minimum atomic E-state index is 0.197. The van der Waals surface area contributed by atoms with E-state index in [9.17, 15) is 0 Å². The summed E-state index contributed by atoms with van der Waals surface area (Å²) in [6.45, 7) is 16.1. The first kappa shape index (κ1) is 21.7. The van der Waals surface area contributed by atoms with Gasteiger partial charge in [0.05, 0.1) is 0 Å². The van der Waals surface area contributed by atoms with Gasteiger partial charge in [0.1, 0.15) is 0 Å². The van der Waals surface area contributed by atoms with Crippen molar-refractivity contribution in [3.05, 3.63) is 89.0 Å². The van der Waals surface area contributed by atoms with Crippen LogP contribution in [0.5, 0.6) is 0 Å². The summed E-state index contributed by atoms with van der Waals surface area (Å²) in [6.07, 6.45) is 2.30. The zero-order chi connectivity index (χ0) is 22.4. The van der Waals surface area contributed by atoms with E-state index in [0.29, 0.717) is 5.92 Å². The highest BCUT2D eigenvalue weighted by Gasteiger charge is 2.41. The van der Waals surface area contributed by atoms with Gasteiger partial charge in [0.25, 0.3) is 0 Å². The average molecular weight is 412 g/mol. The van der Waals surface area contributed by atoms with Crippen molar-refractivity contribution >= 4 is 17.1 Å². The molecule has 1 aliphatic carbocycles. The van der Waals surface area contributed by atoms with Crippen molar-refractivity contribution in [1.82, 2.24) is 0 Å². The summed E-state index contributed by atoms with van der Waals surface area (Å²) in [7, 11) is 0. The number of anilines is 3. The van der Waals surface area contributed by atoms with Crippen LogP contribution in [0.2, 0.25) is 0 Å². The lowest BCUT2D eigenvalue weighted by atomic mass is 9.82. The number of hydrogen-bond donors (Lipinski definition) is 0. The molecule has 0 saturated heterocycles. The molecule has 1 heteroatoms. The van der Waals surface area contributed by atoms with Crippen LogP contribution < -0.4 is 4.90 Å². The molecule has 1 aliphatic rings. The monoisotopic (exact) mass is 411 g/mol. The Morgan fingerprint density at radius 1 is 0.774 bits per heavy atom. The average Bonchev–Trinajstić information content (AvgIpc) is 3.34. The lowest BCUT2D eigenvalue weighted by Crippen LogP contribution is -2.16. The van der Waals surface area contributed by atoms with Gasteiger partial charge < -0.3 is 4.90 Å². The number of benzene rings is 3. The highest BCUT2D eigenvalue weighted by Crippen LogP contribution is 2.51. The Kier molecular flexibility index (Phi) is 5.50. The molecule has 0 fully saturated rings. The summed E-state index contributed by atoms with van der Waals surface area (Å²) >= 11 is 0. The standard InChI is InChI=1S/C30H37N/c1-8-21(3)22-10-14-24(15-11-22)31(26-18-19-27-28(20-26)30(27,6)7)25-16-12-23(13-17-25)29(4,5)9-2/h10-21H,8-9H2,1-7H3. The van der Waals surface area contributed by atoms with Gasteiger partial charge in [-0.05, 0) is 82.8 Å². The molecule has 0 bridgehead atoms. The van der Waals surface area contributed by atoms with Crippen LogP contribution in [0.15, 0.2) is 66.7 Å². The summed E-state index contributed by atoms with van der Waals surface area (Å²) in [5, 5.41) is 0. The van der Waals surface area contributed by atoms with Crippen molar-refractivity contribution in [3.63, 3.8) is 0 Å². The zero-order valence-electron chi connectivity index (χ0n) is 20.3. The van der Waals surface area contributed by atoms with E-state index < -0.39 is 0 Å². The molecule has 0 radical (unpaired) electrons. The van der Waals surface area contributed by atoms with Crippen LogP contribution in [0, 0.1) is 0 Å². The first-order valence-electron chi connectivity index (χ1n) is 11.8. The lowest BCUT2D eigenvalue weighted by Gasteiger charge is -2.28. The molecule has 4 rings (SSSR count). The molecule has 1 unspecified atom stereocenters. The van der Waals surface area contributed by atoms with Crippen LogP contribution in [0.25, 0.3) is 0 Å². The largest absolute Gasteiger partial charge is 0.310 e. The molecular weight excluding hydrogens is 374 g/mol. The van der Waals surface area contributed by atoms with Gasteiger partial charge in [-0.1, -0.05) is 78.8 Å². The zero-order valence-corrected chi connectivity index (χ0v) is 20.3. The normalized spacial score (nSPS) is 15.3. The molecule has 162 valence electrons. The fraction of sp³-hybridized carbons (Fsp3) is 0.400. The van der Waals surface area contributed by atoms with Gasteiger partial charge in [0, 0.05) is 22.5 Å². The maximum atomic E-state index is 2.40. The van der Waals surface area contributed by atoms with Gasteiger partial charge in [0.2, 0.25) is 0 Å². The molecule has 3 aromatic rings. The highest BCUT2D eigenvalue weighted by atomic mass is 15.1. The molecular formula is C30H37N. The van der Waals surface area contributed by atoms with Crippen molar-refractivity contribution < 1.29 is 0 Å². The van der Waals surface area contributed by atoms with Crippen LogP contribution in [0.3, 0.4) is 0 Å². The van der Waals surface area contributed by atoms with Crippen molar-refractivity contribution in [2.45, 2.75) is 78.1 Å². The first-order valence-corrected chi connectivity index (χ1v) is 11.8. The van der Waals surface area contributed by atoms with E-state index in [0.717, 1.165) is 12.8 Å². The van der Waals surface area contributed by atoms with Crippen molar-refractivity contribution in [2.24, 2.45) is 0 Å². The van der Waals surface area contributed by atoms with E-state index in [1.165, 1.54) is 39.3 Å². The van der Waals surface area contributed by atoms with Gasteiger partial charge in [-0.3, -0.25) is 0 Å². The van der Waals surface area contributed by atoms with Crippen LogP contribution in [-0.2, 0) is 10.8 Å². The molecule has 31 heavy (non-hydrogen) atoms. The molecule has 0 amide bonds. The fourth-order valence-electron chi connectivity index (χ4n) is 4.49. The maximum Gasteiger partial charge on any atom is 0.0464 e. The molecule has 0 aliphatic heterocycles.